The van der Waals surface area contributed by atoms with Gasteiger partial charge in [-0.2, -0.15) is 0 Å². The van der Waals surface area contributed by atoms with Crippen LogP contribution in [0, 0.1) is 0 Å². The molecule has 2 N–H and O–H groups in total. The Labute approximate surface area is 129 Å². The van der Waals surface area contributed by atoms with Crippen LogP contribution < -0.4 is 5.73 Å². The highest BCUT2D eigenvalue weighted by Gasteiger charge is 2.15. The molecule has 0 aliphatic rings. The van der Waals surface area contributed by atoms with E-state index >= 15 is 0 Å². The van der Waals surface area contributed by atoms with Gasteiger partial charge in [-0.05, 0) is 36.8 Å². The number of rotatable bonds is 5. The molecule has 0 aliphatic carbocycles. The lowest BCUT2D eigenvalue weighted by atomic mass is 10.1. The Morgan fingerprint density at radius 1 is 1.24 bits per heavy atom. The van der Waals surface area contributed by atoms with Gasteiger partial charge in [-0.25, -0.2) is 0 Å². The molecule has 0 atom stereocenters. The quantitative estimate of drug-likeness (QED) is 0.861. The van der Waals surface area contributed by atoms with Gasteiger partial charge in [0, 0.05) is 36.6 Å². The highest BCUT2D eigenvalue weighted by atomic mass is 32.1. The molecule has 5 heteroatoms. The normalized spacial score (nSPS) is 10.1. The van der Waals surface area contributed by atoms with Crippen molar-refractivity contribution in [3.8, 4) is 0 Å². The van der Waals surface area contributed by atoms with Crippen LogP contribution in [0.25, 0.3) is 0 Å². The molecule has 4 nitrogen and oxygen atoms in total. The minimum absolute atomic E-state index is 0.0348. The smallest absolute Gasteiger partial charge is 0.254 e. The molecular formula is C16H17N3OS. The van der Waals surface area contributed by atoms with E-state index in [9.17, 15) is 4.79 Å². The van der Waals surface area contributed by atoms with Crippen LogP contribution in [0.5, 0.6) is 0 Å². The van der Waals surface area contributed by atoms with Gasteiger partial charge in [-0.15, -0.1) is 0 Å². The van der Waals surface area contributed by atoms with Crippen molar-refractivity contribution in [2.45, 2.75) is 13.5 Å². The third-order valence-electron chi connectivity index (χ3n) is 3.19. The second kappa shape index (κ2) is 6.95. The fourth-order valence-electron chi connectivity index (χ4n) is 2.02. The zero-order chi connectivity index (χ0) is 15.2. The number of amides is 1. The first-order valence-corrected chi connectivity index (χ1v) is 7.10. The topological polar surface area (TPSA) is 59.2 Å². The van der Waals surface area contributed by atoms with Gasteiger partial charge in [-0.3, -0.25) is 9.78 Å². The summed E-state index contributed by atoms with van der Waals surface area (Å²) in [4.78, 5) is 18.6. The number of pyridine rings is 1. The average molecular weight is 299 g/mol. The molecule has 0 fully saturated rings. The Bertz CT molecular complexity index is 643. The third kappa shape index (κ3) is 3.86. The molecule has 0 aliphatic heterocycles. The monoisotopic (exact) mass is 299 g/mol. The van der Waals surface area contributed by atoms with E-state index in [1.165, 1.54) is 0 Å². The van der Waals surface area contributed by atoms with Crippen molar-refractivity contribution in [1.82, 2.24) is 9.88 Å². The van der Waals surface area contributed by atoms with Crippen LogP contribution in [0.3, 0.4) is 0 Å². The van der Waals surface area contributed by atoms with Crippen LogP contribution in [0.15, 0.2) is 48.8 Å². The van der Waals surface area contributed by atoms with Crippen molar-refractivity contribution in [3.63, 3.8) is 0 Å². The van der Waals surface area contributed by atoms with Crippen LogP contribution in [0.4, 0.5) is 0 Å². The third-order valence-corrected chi connectivity index (χ3v) is 3.42. The van der Waals surface area contributed by atoms with E-state index < -0.39 is 0 Å². The van der Waals surface area contributed by atoms with E-state index in [4.69, 9.17) is 18.0 Å². The van der Waals surface area contributed by atoms with Gasteiger partial charge in [0.2, 0.25) is 0 Å². The molecule has 2 rings (SSSR count). The summed E-state index contributed by atoms with van der Waals surface area (Å²) in [6.07, 6.45) is 3.45. The maximum Gasteiger partial charge on any atom is 0.254 e. The average Bonchev–Trinajstić information content (AvgIpc) is 2.53. The van der Waals surface area contributed by atoms with Crippen LogP contribution in [0.2, 0.25) is 0 Å². The highest BCUT2D eigenvalue weighted by Crippen LogP contribution is 2.11. The van der Waals surface area contributed by atoms with Crippen molar-refractivity contribution >= 4 is 23.1 Å². The van der Waals surface area contributed by atoms with E-state index in [2.05, 4.69) is 4.98 Å². The van der Waals surface area contributed by atoms with Gasteiger partial charge in [-0.1, -0.05) is 24.4 Å². The first-order chi connectivity index (χ1) is 10.1. The second-order valence-corrected chi connectivity index (χ2v) is 5.06. The Balaban J connectivity index is 2.20. The van der Waals surface area contributed by atoms with Crippen LogP contribution in [-0.2, 0) is 6.54 Å². The summed E-state index contributed by atoms with van der Waals surface area (Å²) < 4.78 is 0. The molecule has 0 saturated heterocycles. The summed E-state index contributed by atoms with van der Waals surface area (Å²) in [6.45, 7) is 3.13. The van der Waals surface area contributed by atoms with Crippen molar-refractivity contribution in [3.05, 3.63) is 65.5 Å². The predicted molar refractivity (Wildman–Crippen MR) is 87.0 cm³/mol. The fourth-order valence-corrected chi connectivity index (χ4v) is 2.15. The van der Waals surface area contributed by atoms with Crippen molar-refractivity contribution in [1.29, 1.82) is 0 Å². The van der Waals surface area contributed by atoms with Crippen molar-refractivity contribution in [2.24, 2.45) is 5.73 Å². The largest absolute Gasteiger partial charge is 0.389 e. The maximum atomic E-state index is 12.6. The van der Waals surface area contributed by atoms with Gasteiger partial charge in [0.1, 0.15) is 4.99 Å². The minimum Gasteiger partial charge on any atom is -0.389 e. The lowest BCUT2D eigenvalue weighted by molar-refractivity contribution is 0.0752. The number of hydrogen-bond acceptors (Lipinski definition) is 3. The van der Waals surface area contributed by atoms with E-state index in [1.807, 2.05) is 19.1 Å². The van der Waals surface area contributed by atoms with Gasteiger partial charge in [0.15, 0.2) is 0 Å². The Kier molecular flexibility index (Phi) is 5.00. The molecule has 0 radical (unpaired) electrons. The molecule has 0 unspecified atom stereocenters. The zero-order valence-corrected chi connectivity index (χ0v) is 12.6. The molecule has 21 heavy (non-hydrogen) atoms. The first kappa shape index (κ1) is 15.1. The van der Waals surface area contributed by atoms with E-state index in [0.717, 1.165) is 5.56 Å². The van der Waals surface area contributed by atoms with E-state index in [1.54, 1.807) is 41.6 Å². The number of aromatic nitrogens is 1. The number of nitrogens with zero attached hydrogens (tertiary/aromatic N) is 2. The number of nitrogens with two attached hydrogens (primary N) is 1. The van der Waals surface area contributed by atoms with E-state index in [-0.39, 0.29) is 5.91 Å². The maximum absolute atomic E-state index is 12.6. The molecule has 0 saturated carbocycles. The van der Waals surface area contributed by atoms with Crippen molar-refractivity contribution < 1.29 is 4.79 Å². The summed E-state index contributed by atoms with van der Waals surface area (Å²) in [6, 6.07) is 10.9. The van der Waals surface area contributed by atoms with Gasteiger partial charge < -0.3 is 10.6 Å². The predicted octanol–water partition coefficient (Wildman–Crippen LogP) is 2.38. The second-order valence-electron chi connectivity index (χ2n) is 4.62. The first-order valence-electron chi connectivity index (χ1n) is 6.70. The standard InChI is InChI=1S/C16H17N3OS/c1-2-19(11-12-6-8-18-9-7-12)16(20)14-5-3-4-13(10-14)15(17)21/h3-10H,2,11H2,1H3,(H2,17,21). The highest BCUT2D eigenvalue weighted by molar-refractivity contribution is 7.80. The molecular weight excluding hydrogens is 282 g/mol. The molecule has 2 aromatic rings. The minimum atomic E-state index is -0.0348. The number of carbonyl (C=O) groups is 1. The van der Waals surface area contributed by atoms with Crippen molar-refractivity contribution in [2.75, 3.05) is 6.54 Å². The zero-order valence-electron chi connectivity index (χ0n) is 11.8. The molecule has 108 valence electrons. The molecule has 1 aromatic carbocycles. The molecule has 0 bridgehead atoms. The summed E-state index contributed by atoms with van der Waals surface area (Å²) in [5.74, 6) is -0.0348. The Hall–Kier alpha value is -2.27. The van der Waals surface area contributed by atoms with Gasteiger partial charge >= 0.3 is 0 Å². The Morgan fingerprint density at radius 3 is 2.52 bits per heavy atom. The summed E-state index contributed by atoms with van der Waals surface area (Å²) >= 11 is 4.95. The number of carbonyl (C=O) groups excluding carboxylic acids is 1. The van der Waals surface area contributed by atoms with Gasteiger partial charge in [0.05, 0.1) is 0 Å². The summed E-state index contributed by atoms with van der Waals surface area (Å²) in [7, 11) is 0. The number of benzene rings is 1. The molecule has 1 heterocycles. The number of thiocarbonyl (C=S) groups is 1. The lowest BCUT2D eigenvalue weighted by Gasteiger charge is -2.21. The fraction of sp³-hybridized carbons (Fsp3) is 0.188. The van der Waals surface area contributed by atoms with Crippen LogP contribution in [-0.4, -0.2) is 27.3 Å². The van der Waals surface area contributed by atoms with Crippen LogP contribution in [0.1, 0.15) is 28.4 Å². The number of hydrogen-bond donors (Lipinski definition) is 1. The lowest BCUT2D eigenvalue weighted by Crippen LogP contribution is -2.30. The molecule has 0 spiro atoms. The SMILES string of the molecule is CCN(Cc1ccncc1)C(=O)c1cccc(C(N)=S)c1. The van der Waals surface area contributed by atoms with E-state index in [0.29, 0.717) is 29.2 Å². The van der Waals surface area contributed by atoms with Gasteiger partial charge in [0.25, 0.3) is 5.91 Å². The molecule has 1 amide bonds. The summed E-state index contributed by atoms with van der Waals surface area (Å²) in [5, 5.41) is 0. The Morgan fingerprint density at radius 2 is 1.90 bits per heavy atom. The summed E-state index contributed by atoms with van der Waals surface area (Å²) in [5.41, 5.74) is 7.96. The van der Waals surface area contributed by atoms with Crippen LogP contribution >= 0.6 is 12.2 Å². The molecule has 1 aromatic heterocycles.